The van der Waals surface area contributed by atoms with Crippen LogP contribution in [-0.4, -0.2) is 42.7 Å². The molecule has 2 heterocycles. The Morgan fingerprint density at radius 1 is 1.10 bits per heavy atom. The first kappa shape index (κ1) is 29.2. The number of nitrogens with one attached hydrogen (secondary N) is 2. The molecule has 1 amide bonds. The topological polar surface area (TPSA) is 131 Å². The zero-order chi connectivity index (χ0) is 29.7. The van der Waals surface area contributed by atoms with Gasteiger partial charge in [-0.15, -0.1) is 10.2 Å². The molecule has 2 aromatic heterocycles. The maximum absolute atomic E-state index is 13.7. The number of amides is 1. The van der Waals surface area contributed by atoms with Gasteiger partial charge in [-0.05, 0) is 50.5 Å². The highest BCUT2D eigenvalue weighted by molar-refractivity contribution is 7.91. The smallest absolute Gasteiger partial charge is 0.416 e. The van der Waals surface area contributed by atoms with Gasteiger partial charge in [-0.25, -0.2) is 19.0 Å². The molecular weight excluding hydrogens is 566 g/mol. The number of aromatic nitrogens is 4. The van der Waals surface area contributed by atoms with Crippen molar-refractivity contribution in [2.75, 3.05) is 11.6 Å². The molecule has 1 saturated carbocycles. The fourth-order valence-corrected chi connectivity index (χ4v) is 4.92. The van der Waals surface area contributed by atoms with Gasteiger partial charge in [0.15, 0.2) is 5.69 Å². The third kappa shape index (κ3) is 5.44. The van der Waals surface area contributed by atoms with Crippen LogP contribution in [0.1, 0.15) is 52.3 Å². The molecule has 1 unspecified atom stereocenters. The van der Waals surface area contributed by atoms with Crippen molar-refractivity contribution >= 4 is 21.3 Å². The van der Waals surface area contributed by atoms with Crippen molar-refractivity contribution in [3.05, 3.63) is 58.7 Å². The third-order valence-electron chi connectivity index (χ3n) is 6.56. The van der Waals surface area contributed by atoms with E-state index in [0.29, 0.717) is 6.42 Å². The Morgan fingerprint density at radius 3 is 2.30 bits per heavy atom. The fraction of sp³-hybridized carbons (Fsp3) is 0.375. The van der Waals surface area contributed by atoms with Gasteiger partial charge in [0.05, 0.1) is 21.6 Å². The summed E-state index contributed by atoms with van der Waals surface area (Å²) in [5.74, 6) is -2.19. The minimum Gasteiger partial charge on any atom is -0.416 e. The van der Waals surface area contributed by atoms with Gasteiger partial charge in [0.2, 0.25) is 5.88 Å². The number of nitrogens with zero attached hydrogens (tertiary/aromatic N) is 4. The highest BCUT2D eigenvalue weighted by atomic mass is 32.2. The zero-order valence-corrected chi connectivity index (χ0v) is 22.0. The van der Waals surface area contributed by atoms with Crippen molar-refractivity contribution in [3.63, 3.8) is 0 Å². The number of carbonyl (C=O) groups is 1. The second-order valence-corrected chi connectivity index (χ2v) is 11.5. The molecule has 0 spiro atoms. The Kier molecular flexibility index (Phi) is 7.28. The van der Waals surface area contributed by atoms with Crippen molar-refractivity contribution in [3.8, 4) is 11.8 Å². The molecule has 1 aliphatic carbocycles. The molecule has 0 saturated heterocycles. The Morgan fingerprint density at radius 2 is 1.77 bits per heavy atom. The average molecular weight is 589 g/mol. The van der Waals surface area contributed by atoms with Crippen molar-refractivity contribution in [2.24, 2.45) is 0 Å². The van der Waals surface area contributed by atoms with Gasteiger partial charge in [0.25, 0.3) is 11.8 Å². The fourth-order valence-electron chi connectivity index (χ4n) is 4.23. The van der Waals surface area contributed by atoms with Gasteiger partial charge >= 0.3 is 12.4 Å². The summed E-state index contributed by atoms with van der Waals surface area (Å²) in [5, 5.41) is 8.93. The van der Waals surface area contributed by atoms with E-state index in [9.17, 15) is 35.3 Å². The van der Waals surface area contributed by atoms with Gasteiger partial charge in [-0.1, -0.05) is 12.5 Å². The monoisotopic (exact) mass is 588 g/mol. The molecule has 1 fully saturated rings. The third-order valence-corrected chi connectivity index (χ3v) is 7.71. The number of aryl methyl sites for hydroxylation is 1. The summed E-state index contributed by atoms with van der Waals surface area (Å²) in [7, 11) is -3.17. The Labute approximate surface area is 224 Å². The lowest BCUT2D eigenvalue weighted by Gasteiger charge is -2.42. The predicted molar refractivity (Wildman–Crippen MR) is 130 cm³/mol. The van der Waals surface area contributed by atoms with Crippen LogP contribution in [0.25, 0.3) is 0 Å². The van der Waals surface area contributed by atoms with Crippen LogP contribution in [0.2, 0.25) is 0 Å². The second kappa shape index (κ2) is 9.98. The van der Waals surface area contributed by atoms with Crippen LogP contribution in [0.15, 0.2) is 35.4 Å². The SMILES string of the molecule is Cc1nc(C2(C(F)(F)F)CCC2)cnc1Oc1nnc(C(F)(F)F)c(C)c1C(=O)Nc1cccc(S(C)(=N)=O)c1. The zero-order valence-electron chi connectivity index (χ0n) is 21.2. The molecule has 0 radical (unpaired) electrons. The van der Waals surface area contributed by atoms with Gasteiger partial charge in [-0.2, -0.15) is 26.3 Å². The number of rotatable bonds is 6. The minimum absolute atomic E-state index is 0.0262. The van der Waals surface area contributed by atoms with Crippen LogP contribution >= 0.6 is 0 Å². The van der Waals surface area contributed by atoms with Crippen LogP contribution in [0.4, 0.5) is 32.0 Å². The second-order valence-electron chi connectivity index (χ2n) is 9.36. The van der Waals surface area contributed by atoms with Gasteiger partial charge < -0.3 is 10.1 Å². The molecule has 9 nitrogen and oxygen atoms in total. The van der Waals surface area contributed by atoms with E-state index in [1.807, 2.05) is 0 Å². The molecular formula is C24H22F6N6O3S. The first-order chi connectivity index (χ1) is 18.4. The van der Waals surface area contributed by atoms with Gasteiger partial charge in [0, 0.05) is 16.8 Å². The van der Waals surface area contributed by atoms with E-state index >= 15 is 0 Å². The molecule has 16 heteroatoms. The standard InChI is InChI=1S/C24H22F6N6O3S/c1-12-17(19(37)34-14-6-4-7-15(10-14)40(3,31)38)21(36-35-18(12)23(25,26)27)39-20-13(2)33-16(11-32-20)22(8-5-9-22)24(28,29)30/h4,6-7,10-11,31H,5,8-9H2,1-3H3,(H,34,37). The number of benzene rings is 1. The highest BCUT2D eigenvalue weighted by Crippen LogP contribution is 2.54. The number of ether oxygens (including phenoxy) is 1. The first-order valence-corrected chi connectivity index (χ1v) is 13.6. The molecule has 1 aliphatic rings. The van der Waals surface area contributed by atoms with E-state index in [2.05, 4.69) is 25.5 Å². The van der Waals surface area contributed by atoms with Crippen molar-refractivity contribution in [1.29, 1.82) is 4.78 Å². The molecule has 3 aromatic rings. The van der Waals surface area contributed by atoms with E-state index in [4.69, 9.17) is 9.52 Å². The molecule has 4 rings (SSSR count). The molecule has 1 aromatic carbocycles. The largest absolute Gasteiger partial charge is 0.435 e. The number of alkyl halides is 6. The summed E-state index contributed by atoms with van der Waals surface area (Å²) in [6, 6.07) is 5.38. The van der Waals surface area contributed by atoms with Crippen LogP contribution in [-0.2, 0) is 21.3 Å². The molecule has 0 aliphatic heterocycles. The predicted octanol–water partition coefficient (Wildman–Crippen LogP) is 5.97. The lowest BCUT2D eigenvalue weighted by atomic mass is 9.66. The van der Waals surface area contributed by atoms with E-state index < -0.39 is 56.1 Å². The van der Waals surface area contributed by atoms with Gasteiger partial charge in [0.1, 0.15) is 16.7 Å². The van der Waals surface area contributed by atoms with Crippen LogP contribution in [0.5, 0.6) is 11.8 Å². The van der Waals surface area contributed by atoms with Crippen molar-refractivity contribution in [1.82, 2.24) is 20.2 Å². The van der Waals surface area contributed by atoms with E-state index in [1.165, 1.54) is 31.2 Å². The summed E-state index contributed by atoms with van der Waals surface area (Å²) < 4.78 is 107. The van der Waals surface area contributed by atoms with Crippen molar-refractivity contribution < 1.29 is 40.1 Å². The molecule has 0 bridgehead atoms. The summed E-state index contributed by atoms with van der Waals surface area (Å²) in [6.45, 7) is 2.27. The van der Waals surface area contributed by atoms with Crippen LogP contribution < -0.4 is 10.1 Å². The normalized spacial score (nSPS) is 16.5. The first-order valence-electron chi connectivity index (χ1n) is 11.6. The highest BCUT2D eigenvalue weighted by Gasteiger charge is 2.60. The maximum Gasteiger partial charge on any atom is 0.435 e. The molecule has 1 atom stereocenters. The Balaban J connectivity index is 1.73. The molecule has 40 heavy (non-hydrogen) atoms. The van der Waals surface area contributed by atoms with Crippen molar-refractivity contribution in [2.45, 2.75) is 55.8 Å². The minimum atomic E-state index is -4.98. The Bertz CT molecular complexity index is 1590. The maximum atomic E-state index is 13.7. The quantitative estimate of drug-likeness (QED) is 0.340. The van der Waals surface area contributed by atoms with Gasteiger partial charge in [-0.3, -0.25) is 4.79 Å². The Hall–Kier alpha value is -3.82. The molecule has 214 valence electrons. The number of carbonyl (C=O) groups excluding carboxylic acids is 1. The summed E-state index contributed by atoms with van der Waals surface area (Å²) >= 11 is 0. The van der Waals surface area contributed by atoms with E-state index in [-0.39, 0.29) is 40.7 Å². The number of hydrogen-bond donors (Lipinski definition) is 2. The molecule has 2 N–H and O–H groups in total. The van der Waals surface area contributed by atoms with Crippen LogP contribution in [0.3, 0.4) is 0 Å². The number of halogens is 6. The lowest BCUT2D eigenvalue weighted by molar-refractivity contribution is -0.214. The number of hydrogen-bond acceptors (Lipinski definition) is 8. The van der Waals surface area contributed by atoms with Crippen LogP contribution in [0, 0.1) is 18.6 Å². The summed E-state index contributed by atoms with van der Waals surface area (Å²) in [5.41, 5.74) is -5.32. The summed E-state index contributed by atoms with van der Waals surface area (Å²) in [4.78, 5) is 21.2. The summed E-state index contributed by atoms with van der Waals surface area (Å²) in [6.07, 6.45) is -7.46. The number of anilines is 1. The lowest BCUT2D eigenvalue weighted by Crippen LogP contribution is -2.48. The average Bonchev–Trinajstić information content (AvgIpc) is 2.78. The van der Waals surface area contributed by atoms with E-state index in [1.54, 1.807) is 0 Å². The van der Waals surface area contributed by atoms with E-state index in [0.717, 1.165) is 19.4 Å².